The largest absolute Gasteiger partial charge is 0.338 e. The Bertz CT molecular complexity index is 887. The average Bonchev–Trinajstić information content (AvgIpc) is 3.05. The standard InChI is InChI=1S/C21H29N3O2S/c1-3-22-14-9-17-19(21(22)26)18(15(2)27-17)20(25)24-12-7-16(8-13-24)23-10-5-4-6-11-23/h9,14,16H,3-8,10-13H2,1-2H3. The van der Waals surface area contributed by atoms with E-state index in [2.05, 4.69) is 4.90 Å². The van der Waals surface area contributed by atoms with Crippen LogP contribution in [0.4, 0.5) is 0 Å². The molecule has 27 heavy (non-hydrogen) atoms. The minimum atomic E-state index is -0.0362. The van der Waals surface area contributed by atoms with Crippen molar-refractivity contribution >= 4 is 27.3 Å². The first-order valence-corrected chi connectivity index (χ1v) is 11.1. The highest BCUT2D eigenvalue weighted by atomic mass is 32.1. The van der Waals surface area contributed by atoms with Crippen molar-refractivity contribution in [2.24, 2.45) is 0 Å². The minimum absolute atomic E-state index is 0.0362. The van der Waals surface area contributed by atoms with Gasteiger partial charge in [-0.25, -0.2) is 0 Å². The van der Waals surface area contributed by atoms with E-state index in [-0.39, 0.29) is 11.5 Å². The summed E-state index contributed by atoms with van der Waals surface area (Å²) in [5.74, 6) is 0.0433. The molecule has 0 atom stereocenters. The maximum Gasteiger partial charge on any atom is 0.260 e. The van der Waals surface area contributed by atoms with Crippen LogP contribution in [-0.2, 0) is 6.54 Å². The minimum Gasteiger partial charge on any atom is -0.338 e. The highest BCUT2D eigenvalue weighted by Gasteiger charge is 2.30. The van der Waals surface area contributed by atoms with Crippen LogP contribution in [0.3, 0.4) is 0 Å². The highest BCUT2D eigenvalue weighted by molar-refractivity contribution is 7.19. The fourth-order valence-electron chi connectivity index (χ4n) is 4.65. The van der Waals surface area contributed by atoms with Crippen LogP contribution in [0.15, 0.2) is 17.1 Å². The molecule has 0 aromatic carbocycles. The number of fused-ring (bicyclic) bond motifs is 1. The molecule has 0 aliphatic carbocycles. The molecule has 0 N–H and O–H groups in total. The summed E-state index contributed by atoms with van der Waals surface area (Å²) in [6.07, 6.45) is 7.90. The molecule has 6 heteroatoms. The van der Waals surface area contributed by atoms with Crippen LogP contribution in [0, 0.1) is 6.92 Å². The lowest BCUT2D eigenvalue weighted by Crippen LogP contribution is -2.48. The van der Waals surface area contributed by atoms with Crippen LogP contribution in [-0.4, -0.2) is 52.5 Å². The van der Waals surface area contributed by atoms with E-state index in [1.165, 1.54) is 32.4 Å². The van der Waals surface area contributed by atoms with Crippen LogP contribution in [0.1, 0.15) is 54.3 Å². The molecular formula is C21H29N3O2S. The molecule has 0 spiro atoms. The normalized spacial score (nSPS) is 19.7. The second-order valence-corrected chi connectivity index (χ2v) is 9.06. The predicted molar refractivity (Wildman–Crippen MR) is 111 cm³/mol. The van der Waals surface area contributed by atoms with Gasteiger partial charge >= 0.3 is 0 Å². The number of pyridine rings is 1. The van der Waals surface area contributed by atoms with Crippen molar-refractivity contribution < 1.29 is 4.79 Å². The van der Waals surface area contributed by atoms with Crippen LogP contribution < -0.4 is 5.56 Å². The summed E-state index contributed by atoms with van der Waals surface area (Å²) in [5, 5.41) is 0.616. The van der Waals surface area contributed by atoms with Gasteiger partial charge in [0, 0.05) is 41.5 Å². The molecule has 2 aromatic rings. The van der Waals surface area contributed by atoms with E-state index >= 15 is 0 Å². The van der Waals surface area contributed by atoms with Gasteiger partial charge in [0.25, 0.3) is 11.5 Å². The fourth-order valence-corrected chi connectivity index (χ4v) is 5.69. The Morgan fingerprint density at radius 1 is 1.15 bits per heavy atom. The number of nitrogens with zero attached hydrogens (tertiary/aromatic N) is 3. The Kier molecular flexibility index (Phi) is 5.37. The van der Waals surface area contributed by atoms with Gasteiger partial charge in [-0.1, -0.05) is 6.42 Å². The van der Waals surface area contributed by atoms with E-state index in [0.29, 0.717) is 23.5 Å². The molecule has 2 saturated heterocycles. The van der Waals surface area contributed by atoms with Gasteiger partial charge in [0.15, 0.2) is 0 Å². The quantitative estimate of drug-likeness (QED) is 0.810. The third kappa shape index (κ3) is 3.45. The number of aryl methyl sites for hydroxylation is 2. The zero-order valence-electron chi connectivity index (χ0n) is 16.4. The Morgan fingerprint density at radius 3 is 2.52 bits per heavy atom. The molecule has 0 saturated carbocycles. The molecule has 4 rings (SSSR count). The van der Waals surface area contributed by atoms with E-state index in [1.807, 2.05) is 31.0 Å². The third-order valence-electron chi connectivity index (χ3n) is 6.21. The van der Waals surface area contributed by atoms with Gasteiger partial charge in [0.1, 0.15) is 0 Å². The molecule has 0 bridgehead atoms. The predicted octanol–water partition coefficient (Wildman–Crippen LogP) is 3.48. The summed E-state index contributed by atoms with van der Waals surface area (Å²) in [6, 6.07) is 2.59. The van der Waals surface area contributed by atoms with Crippen molar-refractivity contribution in [2.75, 3.05) is 26.2 Å². The third-order valence-corrected chi connectivity index (χ3v) is 7.28. The van der Waals surface area contributed by atoms with E-state index in [4.69, 9.17) is 0 Å². The van der Waals surface area contributed by atoms with Crippen molar-refractivity contribution in [1.29, 1.82) is 0 Å². The lowest BCUT2D eigenvalue weighted by molar-refractivity contribution is 0.0591. The molecule has 146 valence electrons. The van der Waals surface area contributed by atoms with Crippen LogP contribution in [0.2, 0.25) is 0 Å². The number of likely N-dealkylation sites (tertiary alicyclic amines) is 2. The number of carbonyl (C=O) groups is 1. The number of rotatable bonds is 3. The number of hydrogen-bond donors (Lipinski definition) is 0. The van der Waals surface area contributed by atoms with Crippen molar-refractivity contribution in [2.45, 2.75) is 58.5 Å². The maximum atomic E-state index is 13.3. The first-order chi connectivity index (χ1) is 13.1. The summed E-state index contributed by atoms with van der Waals surface area (Å²) < 4.78 is 2.61. The second-order valence-electron chi connectivity index (χ2n) is 7.80. The summed E-state index contributed by atoms with van der Waals surface area (Å²) in [5.41, 5.74) is 0.602. The number of thiophene rings is 1. The summed E-state index contributed by atoms with van der Waals surface area (Å²) in [6.45, 7) is 8.57. The van der Waals surface area contributed by atoms with Crippen molar-refractivity contribution in [1.82, 2.24) is 14.4 Å². The molecule has 1 amide bonds. The Hall–Kier alpha value is -1.66. The highest BCUT2D eigenvalue weighted by Crippen LogP contribution is 2.30. The lowest BCUT2D eigenvalue weighted by Gasteiger charge is -2.40. The summed E-state index contributed by atoms with van der Waals surface area (Å²) in [7, 11) is 0. The van der Waals surface area contributed by atoms with Gasteiger partial charge in [-0.3, -0.25) is 9.59 Å². The molecule has 0 radical (unpaired) electrons. The Morgan fingerprint density at radius 2 is 1.85 bits per heavy atom. The zero-order chi connectivity index (χ0) is 19.0. The smallest absolute Gasteiger partial charge is 0.260 e. The number of hydrogen-bond acceptors (Lipinski definition) is 4. The monoisotopic (exact) mass is 387 g/mol. The average molecular weight is 388 g/mol. The molecular weight excluding hydrogens is 358 g/mol. The van der Waals surface area contributed by atoms with E-state index in [0.717, 1.165) is 35.5 Å². The molecule has 2 aliphatic heterocycles. The zero-order valence-corrected chi connectivity index (χ0v) is 17.2. The Balaban J connectivity index is 1.55. The maximum absolute atomic E-state index is 13.3. The summed E-state index contributed by atoms with van der Waals surface area (Å²) >= 11 is 1.56. The first-order valence-electron chi connectivity index (χ1n) is 10.3. The SMILES string of the molecule is CCn1ccc2sc(C)c(C(=O)N3CCC(N4CCCCC4)CC3)c2c1=O. The molecule has 0 unspecified atom stereocenters. The number of carbonyl (C=O) groups excluding carboxylic acids is 1. The van der Waals surface area contributed by atoms with Crippen molar-refractivity contribution in [3.8, 4) is 0 Å². The molecule has 4 heterocycles. The summed E-state index contributed by atoms with van der Waals surface area (Å²) in [4.78, 5) is 31.7. The van der Waals surface area contributed by atoms with Gasteiger partial charge in [0.2, 0.25) is 0 Å². The lowest BCUT2D eigenvalue weighted by atomic mass is 9.99. The van der Waals surface area contributed by atoms with Gasteiger partial charge in [-0.2, -0.15) is 0 Å². The van der Waals surface area contributed by atoms with Gasteiger partial charge in [-0.05, 0) is 58.7 Å². The molecule has 2 fully saturated rings. The Labute approximate surface area is 164 Å². The van der Waals surface area contributed by atoms with E-state index in [9.17, 15) is 9.59 Å². The van der Waals surface area contributed by atoms with E-state index in [1.54, 1.807) is 15.9 Å². The fraction of sp³-hybridized carbons (Fsp3) is 0.619. The number of amides is 1. The van der Waals surface area contributed by atoms with Crippen LogP contribution in [0.5, 0.6) is 0 Å². The van der Waals surface area contributed by atoms with Gasteiger partial charge in [0.05, 0.1) is 10.9 Å². The van der Waals surface area contributed by atoms with Crippen LogP contribution in [0.25, 0.3) is 10.1 Å². The molecule has 2 aromatic heterocycles. The molecule has 5 nitrogen and oxygen atoms in total. The number of piperidine rings is 2. The topological polar surface area (TPSA) is 45.6 Å². The number of aromatic nitrogens is 1. The van der Waals surface area contributed by atoms with Crippen LogP contribution >= 0.6 is 11.3 Å². The van der Waals surface area contributed by atoms with Gasteiger partial charge < -0.3 is 14.4 Å². The second kappa shape index (κ2) is 7.76. The molecule has 2 aliphatic rings. The van der Waals surface area contributed by atoms with E-state index < -0.39 is 0 Å². The van der Waals surface area contributed by atoms with Crippen molar-refractivity contribution in [3.63, 3.8) is 0 Å². The van der Waals surface area contributed by atoms with Crippen molar-refractivity contribution in [3.05, 3.63) is 33.1 Å². The first kappa shape index (κ1) is 18.7. The van der Waals surface area contributed by atoms with Gasteiger partial charge in [-0.15, -0.1) is 11.3 Å².